The molecule has 18 heavy (non-hydrogen) atoms. The quantitative estimate of drug-likeness (QED) is 0.376. The predicted octanol–water partition coefficient (Wildman–Crippen LogP) is 1.67. The Kier molecular flexibility index (Phi) is 3.53. The standard InChI is InChI=1S/C9H7N5O3S/c15-12-4-6-1-2-8(7(3-6)14(16)17)18-9-10-5-11-13-9/h1-5,15H,(H,10,11,13)/b12-4+. The smallest absolute Gasteiger partial charge is 0.283 e. The fourth-order valence-electron chi connectivity index (χ4n) is 1.26. The van der Waals surface area contributed by atoms with Gasteiger partial charge in [-0.1, -0.05) is 11.2 Å². The van der Waals surface area contributed by atoms with E-state index in [1.807, 2.05) is 0 Å². The summed E-state index contributed by atoms with van der Waals surface area (Å²) in [4.78, 5) is 14.7. The Hall–Kier alpha value is -2.42. The van der Waals surface area contributed by atoms with Crippen LogP contribution in [0.4, 0.5) is 5.69 Å². The van der Waals surface area contributed by atoms with Gasteiger partial charge >= 0.3 is 0 Å². The Morgan fingerprint density at radius 1 is 1.56 bits per heavy atom. The molecule has 8 nitrogen and oxygen atoms in total. The number of hydrogen-bond donors (Lipinski definition) is 2. The van der Waals surface area contributed by atoms with Gasteiger partial charge in [-0.2, -0.15) is 5.10 Å². The number of nitro groups is 1. The third kappa shape index (κ3) is 2.63. The second kappa shape index (κ2) is 5.27. The summed E-state index contributed by atoms with van der Waals surface area (Å²) in [5, 5.41) is 28.9. The van der Waals surface area contributed by atoms with Crippen LogP contribution in [0.1, 0.15) is 5.56 Å². The Bertz CT molecular complexity index is 584. The number of benzene rings is 1. The van der Waals surface area contributed by atoms with Gasteiger partial charge in [0.25, 0.3) is 5.69 Å². The lowest BCUT2D eigenvalue weighted by molar-refractivity contribution is -0.387. The largest absolute Gasteiger partial charge is 0.411 e. The van der Waals surface area contributed by atoms with Crippen molar-refractivity contribution >= 4 is 23.7 Å². The van der Waals surface area contributed by atoms with Gasteiger partial charge in [-0.15, -0.1) is 0 Å². The van der Waals surface area contributed by atoms with Crippen molar-refractivity contribution in [3.63, 3.8) is 0 Å². The van der Waals surface area contributed by atoms with Gasteiger partial charge < -0.3 is 5.21 Å². The van der Waals surface area contributed by atoms with E-state index < -0.39 is 4.92 Å². The lowest BCUT2D eigenvalue weighted by atomic mass is 10.2. The van der Waals surface area contributed by atoms with Gasteiger partial charge in [-0.05, 0) is 17.8 Å². The molecule has 1 heterocycles. The number of nitrogens with zero attached hydrogens (tertiary/aromatic N) is 4. The van der Waals surface area contributed by atoms with Crippen LogP contribution in [0, 0.1) is 10.1 Å². The Morgan fingerprint density at radius 2 is 2.39 bits per heavy atom. The third-order valence-corrected chi connectivity index (χ3v) is 2.94. The molecule has 0 amide bonds. The van der Waals surface area contributed by atoms with Crippen LogP contribution >= 0.6 is 11.8 Å². The number of rotatable bonds is 4. The second-order valence-electron chi connectivity index (χ2n) is 3.12. The first-order valence-electron chi connectivity index (χ1n) is 4.70. The lowest BCUT2D eigenvalue weighted by Crippen LogP contribution is -1.93. The molecule has 0 aliphatic carbocycles. The summed E-state index contributed by atoms with van der Waals surface area (Å²) in [6, 6.07) is 4.48. The molecule has 2 aromatic rings. The molecule has 92 valence electrons. The number of aromatic nitrogens is 3. The van der Waals surface area contributed by atoms with Gasteiger partial charge in [-0.25, -0.2) is 4.98 Å². The Balaban J connectivity index is 2.37. The molecule has 0 bridgehead atoms. The predicted molar refractivity (Wildman–Crippen MR) is 63.0 cm³/mol. The molecule has 1 aromatic carbocycles. The molecule has 0 fully saturated rings. The maximum Gasteiger partial charge on any atom is 0.283 e. The molecule has 0 saturated heterocycles. The third-order valence-electron chi connectivity index (χ3n) is 1.99. The zero-order valence-electron chi connectivity index (χ0n) is 8.85. The van der Waals surface area contributed by atoms with E-state index in [9.17, 15) is 10.1 Å². The highest BCUT2D eigenvalue weighted by Crippen LogP contribution is 2.33. The zero-order chi connectivity index (χ0) is 13.0. The van der Waals surface area contributed by atoms with Crippen molar-refractivity contribution < 1.29 is 10.1 Å². The molecule has 2 rings (SSSR count). The van der Waals surface area contributed by atoms with E-state index in [1.165, 1.54) is 12.4 Å². The van der Waals surface area contributed by atoms with E-state index in [4.69, 9.17) is 5.21 Å². The van der Waals surface area contributed by atoms with Gasteiger partial charge in [0.2, 0.25) is 0 Å². The monoisotopic (exact) mass is 265 g/mol. The molecule has 0 aliphatic rings. The van der Waals surface area contributed by atoms with Crippen molar-refractivity contribution in [3.8, 4) is 0 Å². The minimum Gasteiger partial charge on any atom is -0.411 e. The fourth-order valence-corrected chi connectivity index (χ4v) is 2.04. The van der Waals surface area contributed by atoms with Gasteiger partial charge in [0, 0.05) is 11.6 Å². The summed E-state index contributed by atoms with van der Waals surface area (Å²) in [6.07, 6.45) is 2.44. The summed E-state index contributed by atoms with van der Waals surface area (Å²) < 4.78 is 0. The zero-order valence-corrected chi connectivity index (χ0v) is 9.66. The average molecular weight is 265 g/mol. The van der Waals surface area contributed by atoms with E-state index in [-0.39, 0.29) is 5.69 Å². The molecule has 0 spiro atoms. The van der Waals surface area contributed by atoms with Crippen LogP contribution in [0.5, 0.6) is 0 Å². The van der Waals surface area contributed by atoms with E-state index in [1.54, 1.807) is 12.1 Å². The first kappa shape index (κ1) is 12.0. The van der Waals surface area contributed by atoms with Crippen LogP contribution in [-0.4, -0.2) is 31.5 Å². The van der Waals surface area contributed by atoms with Crippen LogP contribution in [0.2, 0.25) is 0 Å². The van der Waals surface area contributed by atoms with Gasteiger partial charge in [0.1, 0.15) is 6.33 Å². The average Bonchev–Trinajstić information content (AvgIpc) is 2.84. The topological polar surface area (TPSA) is 117 Å². The SMILES string of the molecule is O=[N+]([O-])c1cc(/C=N/O)ccc1Sc1ncn[nH]1. The maximum atomic E-state index is 10.9. The minimum atomic E-state index is -0.507. The van der Waals surface area contributed by atoms with E-state index >= 15 is 0 Å². The molecular weight excluding hydrogens is 258 g/mol. The van der Waals surface area contributed by atoms with E-state index in [0.29, 0.717) is 15.6 Å². The highest BCUT2D eigenvalue weighted by Gasteiger charge is 2.16. The number of H-pyrrole nitrogens is 1. The first-order chi connectivity index (χ1) is 8.70. The van der Waals surface area contributed by atoms with E-state index in [2.05, 4.69) is 20.3 Å². The summed E-state index contributed by atoms with van der Waals surface area (Å²) in [5.74, 6) is 0. The number of hydrogen-bond acceptors (Lipinski definition) is 7. The molecule has 0 saturated carbocycles. The molecule has 0 unspecified atom stereocenters. The minimum absolute atomic E-state index is 0.0891. The van der Waals surface area contributed by atoms with Crippen LogP contribution in [0.25, 0.3) is 0 Å². The van der Waals surface area contributed by atoms with Crippen LogP contribution < -0.4 is 0 Å². The van der Waals surface area contributed by atoms with Gasteiger partial charge in [0.15, 0.2) is 5.16 Å². The van der Waals surface area contributed by atoms with E-state index in [0.717, 1.165) is 18.0 Å². The van der Waals surface area contributed by atoms with Gasteiger partial charge in [-0.3, -0.25) is 15.2 Å². The molecular formula is C9H7N5O3S. The molecule has 0 radical (unpaired) electrons. The maximum absolute atomic E-state index is 10.9. The summed E-state index contributed by atoms with van der Waals surface area (Å²) in [6.45, 7) is 0. The van der Waals surface area contributed by atoms with Crippen LogP contribution in [-0.2, 0) is 0 Å². The molecule has 1 aromatic heterocycles. The summed E-state index contributed by atoms with van der Waals surface area (Å²) in [5.41, 5.74) is 0.347. The molecule has 0 aliphatic heterocycles. The molecule has 0 atom stereocenters. The fraction of sp³-hybridized carbons (Fsp3) is 0. The highest BCUT2D eigenvalue weighted by molar-refractivity contribution is 7.99. The highest BCUT2D eigenvalue weighted by atomic mass is 32.2. The van der Waals surface area contributed by atoms with Crippen molar-refractivity contribution in [3.05, 3.63) is 40.2 Å². The van der Waals surface area contributed by atoms with Gasteiger partial charge in [0.05, 0.1) is 16.0 Å². The van der Waals surface area contributed by atoms with Crippen molar-refractivity contribution in [2.24, 2.45) is 5.16 Å². The number of oxime groups is 1. The number of nitro benzene ring substituents is 1. The van der Waals surface area contributed by atoms with Crippen molar-refractivity contribution in [1.82, 2.24) is 15.2 Å². The normalized spacial score (nSPS) is 10.9. The number of aromatic amines is 1. The Morgan fingerprint density at radius 3 is 3.00 bits per heavy atom. The van der Waals surface area contributed by atoms with Crippen LogP contribution in [0.3, 0.4) is 0 Å². The molecule has 9 heteroatoms. The van der Waals surface area contributed by atoms with Crippen molar-refractivity contribution in [2.75, 3.05) is 0 Å². The van der Waals surface area contributed by atoms with Crippen molar-refractivity contribution in [2.45, 2.75) is 10.1 Å². The molecule has 2 N–H and O–H groups in total. The number of nitrogens with one attached hydrogen (secondary N) is 1. The van der Waals surface area contributed by atoms with Crippen LogP contribution in [0.15, 0.2) is 39.7 Å². The second-order valence-corrected chi connectivity index (χ2v) is 4.15. The summed E-state index contributed by atoms with van der Waals surface area (Å²) in [7, 11) is 0. The first-order valence-corrected chi connectivity index (χ1v) is 5.51. The van der Waals surface area contributed by atoms with Crippen molar-refractivity contribution in [1.29, 1.82) is 0 Å². The lowest BCUT2D eigenvalue weighted by Gasteiger charge is -2.01. The Labute approximate surface area is 105 Å². The summed E-state index contributed by atoms with van der Waals surface area (Å²) >= 11 is 1.10.